The predicted octanol–water partition coefficient (Wildman–Crippen LogP) is 5.47. The third-order valence-corrected chi connectivity index (χ3v) is 8.08. The zero-order chi connectivity index (χ0) is 24.4. The van der Waals surface area contributed by atoms with E-state index in [1.54, 1.807) is 24.3 Å². The second kappa shape index (κ2) is 9.49. The molecule has 1 amide bonds. The van der Waals surface area contributed by atoms with Crippen molar-refractivity contribution in [2.75, 3.05) is 0 Å². The molecule has 0 aliphatic carbocycles. The summed E-state index contributed by atoms with van der Waals surface area (Å²) in [6.07, 6.45) is -0.791. The van der Waals surface area contributed by atoms with E-state index in [4.69, 9.17) is 0 Å². The van der Waals surface area contributed by atoms with E-state index in [-0.39, 0.29) is 4.90 Å². The van der Waals surface area contributed by atoms with E-state index in [2.05, 4.69) is 0 Å². The molecule has 1 aliphatic rings. The fraction of sp³-hybridized carbons (Fsp3) is 0.138. The maximum Gasteiger partial charge on any atom is 0.268 e. The summed E-state index contributed by atoms with van der Waals surface area (Å²) in [5, 5.41) is 0. The number of benzene rings is 4. The Morgan fingerprint density at radius 3 is 1.77 bits per heavy atom. The van der Waals surface area contributed by atoms with Crippen molar-refractivity contribution in [1.82, 2.24) is 9.21 Å². The highest BCUT2D eigenvalue weighted by molar-refractivity contribution is 7.89. The molecule has 4 aromatic rings. The molecule has 0 radical (unpaired) electrons. The lowest BCUT2D eigenvalue weighted by atomic mass is 10.0. The Kier molecular flexibility index (Phi) is 6.24. The molecule has 6 heteroatoms. The highest BCUT2D eigenvalue weighted by Crippen LogP contribution is 2.45. The van der Waals surface area contributed by atoms with Gasteiger partial charge < -0.3 is 0 Å². The molecule has 1 aliphatic heterocycles. The molecule has 4 aromatic carbocycles. The van der Waals surface area contributed by atoms with Crippen LogP contribution < -0.4 is 0 Å². The SMILES string of the molecule is Cc1ccc(S(=O)(=O)N2C(=O)C(c3ccccc3)N(Cc3ccccc3)C2c2ccccc2)cc1. The van der Waals surface area contributed by atoms with Crippen LogP contribution in [0.1, 0.15) is 34.5 Å². The van der Waals surface area contributed by atoms with Crippen molar-refractivity contribution in [2.24, 2.45) is 0 Å². The van der Waals surface area contributed by atoms with Crippen molar-refractivity contribution in [3.63, 3.8) is 0 Å². The van der Waals surface area contributed by atoms with Gasteiger partial charge in [0.1, 0.15) is 12.2 Å². The van der Waals surface area contributed by atoms with Gasteiger partial charge in [0.05, 0.1) is 4.90 Å². The fourth-order valence-corrected chi connectivity index (χ4v) is 6.18. The fourth-order valence-electron chi connectivity index (χ4n) is 4.63. The highest BCUT2D eigenvalue weighted by Gasteiger charge is 2.52. The molecular weight excluding hydrogens is 456 g/mol. The second-order valence-corrected chi connectivity index (χ2v) is 10.5. The molecular formula is C29H26N2O3S. The lowest BCUT2D eigenvalue weighted by Gasteiger charge is -2.31. The summed E-state index contributed by atoms with van der Waals surface area (Å²) in [5.41, 5.74) is 3.45. The highest BCUT2D eigenvalue weighted by atomic mass is 32.2. The van der Waals surface area contributed by atoms with Crippen LogP contribution in [-0.2, 0) is 21.4 Å². The van der Waals surface area contributed by atoms with Crippen LogP contribution in [0.4, 0.5) is 0 Å². The smallest absolute Gasteiger partial charge is 0.268 e. The molecule has 0 spiro atoms. The minimum atomic E-state index is -4.13. The summed E-state index contributed by atoms with van der Waals surface area (Å²) >= 11 is 0. The number of sulfonamides is 1. The lowest BCUT2D eigenvalue weighted by Crippen LogP contribution is -2.37. The van der Waals surface area contributed by atoms with E-state index in [1.807, 2.05) is 103 Å². The maximum atomic E-state index is 14.1. The first-order valence-electron chi connectivity index (χ1n) is 11.5. The van der Waals surface area contributed by atoms with Gasteiger partial charge in [0, 0.05) is 6.54 Å². The Bertz CT molecular complexity index is 1410. The van der Waals surface area contributed by atoms with E-state index in [0.29, 0.717) is 6.54 Å². The Morgan fingerprint density at radius 2 is 1.20 bits per heavy atom. The molecule has 2 unspecified atom stereocenters. The zero-order valence-electron chi connectivity index (χ0n) is 19.4. The van der Waals surface area contributed by atoms with Crippen LogP contribution in [0.3, 0.4) is 0 Å². The molecule has 5 nitrogen and oxygen atoms in total. The largest absolute Gasteiger partial charge is 0.271 e. The predicted molar refractivity (Wildman–Crippen MR) is 136 cm³/mol. The number of hydrogen-bond donors (Lipinski definition) is 0. The molecule has 1 heterocycles. The van der Waals surface area contributed by atoms with Crippen LogP contribution in [0, 0.1) is 6.92 Å². The first-order chi connectivity index (χ1) is 17.0. The van der Waals surface area contributed by atoms with Crippen LogP contribution in [0.5, 0.6) is 0 Å². The lowest BCUT2D eigenvalue weighted by molar-refractivity contribution is -0.126. The van der Waals surface area contributed by atoms with Crippen molar-refractivity contribution in [1.29, 1.82) is 0 Å². The number of hydrogen-bond acceptors (Lipinski definition) is 4. The number of nitrogens with zero attached hydrogens (tertiary/aromatic N) is 2. The maximum absolute atomic E-state index is 14.1. The number of carbonyl (C=O) groups excluding carboxylic acids is 1. The average Bonchev–Trinajstić information content (AvgIpc) is 3.18. The summed E-state index contributed by atoms with van der Waals surface area (Å²) < 4.78 is 29.1. The van der Waals surface area contributed by atoms with Gasteiger partial charge in [-0.2, -0.15) is 0 Å². The Hall–Kier alpha value is -3.74. The van der Waals surface area contributed by atoms with Gasteiger partial charge >= 0.3 is 0 Å². The number of aryl methyl sites for hydroxylation is 1. The summed E-state index contributed by atoms with van der Waals surface area (Å²) in [6, 6.07) is 34.5. The van der Waals surface area contributed by atoms with Gasteiger partial charge in [-0.05, 0) is 35.7 Å². The minimum Gasteiger partial charge on any atom is -0.271 e. The van der Waals surface area contributed by atoms with Gasteiger partial charge in [0.15, 0.2) is 0 Å². The van der Waals surface area contributed by atoms with E-state index in [1.165, 1.54) is 0 Å². The monoisotopic (exact) mass is 482 g/mol. The number of carbonyl (C=O) groups is 1. The van der Waals surface area contributed by atoms with Crippen molar-refractivity contribution in [3.05, 3.63) is 138 Å². The average molecular weight is 483 g/mol. The summed E-state index contributed by atoms with van der Waals surface area (Å²) in [6.45, 7) is 2.31. The molecule has 1 fully saturated rings. The summed E-state index contributed by atoms with van der Waals surface area (Å²) in [5.74, 6) is -0.457. The normalized spacial score (nSPS) is 18.7. The molecule has 0 bridgehead atoms. The quantitative estimate of drug-likeness (QED) is 0.366. The molecule has 35 heavy (non-hydrogen) atoms. The minimum absolute atomic E-state index is 0.103. The van der Waals surface area contributed by atoms with Crippen molar-refractivity contribution < 1.29 is 13.2 Å². The first-order valence-corrected chi connectivity index (χ1v) is 13.0. The van der Waals surface area contributed by atoms with Crippen molar-refractivity contribution in [3.8, 4) is 0 Å². The van der Waals surface area contributed by atoms with Crippen LogP contribution in [0.15, 0.2) is 120 Å². The molecule has 2 atom stereocenters. The van der Waals surface area contributed by atoms with Crippen molar-refractivity contribution in [2.45, 2.75) is 30.6 Å². The van der Waals surface area contributed by atoms with E-state index >= 15 is 0 Å². The molecule has 1 saturated heterocycles. The zero-order valence-corrected chi connectivity index (χ0v) is 20.2. The van der Waals surface area contributed by atoms with Gasteiger partial charge in [0.2, 0.25) is 0 Å². The van der Waals surface area contributed by atoms with Crippen LogP contribution in [0.25, 0.3) is 0 Å². The molecule has 0 saturated carbocycles. The van der Waals surface area contributed by atoms with Crippen molar-refractivity contribution >= 4 is 15.9 Å². The van der Waals surface area contributed by atoms with Gasteiger partial charge in [-0.25, -0.2) is 12.7 Å². The molecule has 5 rings (SSSR count). The van der Waals surface area contributed by atoms with E-state index in [9.17, 15) is 13.2 Å². The van der Waals surface area contributed by atoms with Crippen LogP contribution in [0.2, 0.25) is 0 Å². The molecule has 176 valence electrons. The second-order valence-electron chi connectivity index (χ2n) is 8.71. The third-order valence-electron chi connectivity index (χ3n) is 6.32. The van der Waals surface area contributed by atoms with E-state index < -0.39 is 28.1 Å². The Balaban J connectivity index is 1.70. The first kappa shape index (κ1) is 23.0. The van der Waals surface area contributed by atoms with Gasteiger partial charge in [-0.3, -0.25) is 9.69 Å². The van der Waals surface area contributed by atoms with Gasteiger partial charge in [0.25, 0.3) is 15.9 Å². The van der Waals surface area contributed by atoms with Crippen LogP contribution >= 0.6 is 0 Å². The van der Waals surface area contributed by atoms with Gasteiger partial charge in [-0.1, -0.05) is 109 Å². The molecule has 0 aromatic heterocycles. The Morgan fingerprint density at radius 1 is 0.686 bits per heavy atom. The Labute approximate surface area is 206 Å². The van der Waals surface area contributed by atoms with E-state index in [0.717, 1.165) is 26.6 Å². The topological polar surface area (TPSA) is 57.7 Å². The van der Waals surface area contributed by atoms with Crippen LogP contribution in [-0.4, -0.2) is 23.5 Å². The molecule has 0 N–H and O–H groups in total. The third kappa shape index (κ3) is 4.38. The number of amides is 1. The summed E-state index contributed by atoms with van der Waals surface area (Å²) in [7, 11) is -4.13. The summed E-state index contributed by atoms with van der Waals surface area (Å²) in [4.78, 5) is 16.2. The number of rotatable bonds is 6. The van der Waals surface area contributed by atoms with Gasteiger partial charge in [-0.15, -0.1) is 0 Å². The standard InChI is InChI=1S/C29H26N2O3S/c1-22-17-19-26(20-18-22)35(33,34)31-28(25-15-9-4-10-16-25)30(21-23-11-5-2-6-12-23)27(29(31)32)24-13-7-3-8-14-24/h2-20,27-28H,21H2,1H3.